The lowest BCUT2D eigenvalue weighted by atomic mass is 9.70. The lowest BCUT2D eigenvalue weighted by Gasteiger charge is -2.46. The molecule has 1 N–H and O–H groups in total. The van der Waals surface area contributed by atoms with Crippen molar-refractivity contribution < 1.29 is 9.59 Å². The second-order valence-electron chi connectivity index (χ2n) is 13.5. The number of aromatic nitrogens is 2. The van der Waals surface area contributed by atoms with Gasteiger partial charge in [0.05, 0.1) is 11.0 Å². The van der Waals surface area contributed by atoms with Crippen LogP contribution in [0.4, 0.5) is 0 Å². The van der Waals surface area contributed by atoms with Crippen molar-refractivity contribution in [3.63, 3.8) is 0 Å². The van der Waals surface area contributed by atoms with Gasteiger partial charge in [0.15, 0.2) is 0 Å². The Morgan fingerprint density at radius 2 is 1.49 bits per heavy atom. The van der Waals surface area contributed by atoms with Crippen molar-refractivity contribution in [3.8, 4) is 0 Å². The number of carbonyl (C=O) groups excluding carboxylic acids is 2. The fraction of sp³-hybridized carbons (Fsp3) is 0.447. The van der Waals surface area contributed by atoms with Crippen molar-refractivity contribution in [1.82, 2.24) is 24.7 Å². The van der Waals surface area contributed by atoms with Gasteiger partial charge in [0, 0.05) is 38.1 Å². The Labute approximate surface area is 266 Å². The molecule has 1 aromatic heterocycles. The second kappa shape index (κ2) is 12.4. The van der Waals surface area contributed by atoms with E-state index in [1.54, 1.807) is 0 Å². The van der Waals surface area contributed by atoms with Crippen molar-refractivity contribution in [2.24, 2.45) is 0 Å². The minimum Gasteiger partial charge on any atom is -0.341 e. The third kappa shape index (κ3) is 5.79. The van der Waals surface area contributed by atoms with Crippen molar-refractivity contribution in [3.05, 3.63) is 102 Å². The van der Waals surface area contributed by atoms with E-state index in [-0.39, 0.29) is 17.2 Å². The van der Waals surface area contributed by atoms with Crippen molar-refractivity contribution in [2.75, 3.05) is 19.6 Å². The van der Waals surface area contributed by atoms with E-state index in [2.05, 4.69) is 76.3 Å². The maximum Gasteiger partial charge on any atom is 0.249 e. The molecule has 7 nitrogen and oxygen atoms in total. The van der Waals surface area contributed by atoms with Gasteiger partial charge in [0.1, 0.15) is 11.9 Å². The maximum absolute atomic E-state index is 13.8. The highest BCUT2D eigenvalue weighted by Crippen LogP contribution is 2.45. The Bertz CT molecular complexity index is 1630. The summed E-state index contributed by atoms with van der Waals surface area (Å²) in [4.78, 5) is 35.6. The molecule has 3 aliphatic heterocycles. The van der Waals surface area contributed by atoms with Gasteiger partial charge in [-0.25, -0.2) is 4.98 Å². The molecule has 3 atom stereocenters. The highest BCUT2D eigenvalue weighted by atomic mass is 16.2. The van der Waals surface area contributed by atoms with Crippen molar-refractivity contribution >= 4 is 22.8 Å². The van der Waals surface area contributed by atoms with Gasteiger partial charge in [-0.15, -0.1) is 0 Å². The van der Waals surface area contributed by atoms with E-state index < -0.39 is 6.04 Å². The first-order chi connectivity index (χ1) is 21.9. The molecule has 4 aromatic rings. The summed E-state index contributed by atoms with van der Waals surface area (Å²) in [5, 5.41) is 2.91. The van der Waals surface area contributed by atoms with Crippen LogP contribution in [0.15, 0.2) is 84.9 Å². The number of benzene rings is 3. The third-order valence-corrected chi connectivity index (χ3v) is 11.0. The summed E-state index contributed by atoms with van der Waals surface area (Å²) in [6.07, 6.45) is 7.86. The Morgan fingerprint density at radius 1 is 0.867 bits per heavy atom. The first-order valence-corrected chi connectivity index (χ1v) is 16.8. The molecule has 0 radical (unpaired) electrons. The van der Waals surface area contributed by atoms with Crippen LogP contribution < -0.4 is 5.32 Å². The summed E-state index contributed by atoms with van der Waals surface area (Å²) in [5.74, 6) is 0.925. The number of aryl methyl sites for hydroxylation is 1. The Balaban J connectivity index is 1.06. The molecule has 3 aromatic carbocycles. The largest absolute Gasteiger partial charge is 0.341 e. The quantitative estimate of drug-likeness (QED) is 0.255. The second-order valence-corrected chi connectivity index (χ2v) is 13.5. The number of imidazole rings is 1. The number of carbonyl (C=O) groups is 2. The maximum atomic E-state index is 13.8. The number of piperidine rings is 2. The van der Waals surface area contributed by atoms with E-state index in [0.717, 1.165) is 42.7 Å². The Hall–Kier alpha value is -3.97. The predicted octanol–water partition coefficient (Wildman–Crippen LogP) is 6.34. The molecule has 2 bridgehead atoms. The predicted molar refractivity (Wildman–Crippen MR) is 178 cm³/mol. The summed E-state index contributed by atoms with van der Waals surface area (Å²) in [6, 6.07) is 30.2. The van der Waals surface area contributed by atoms with Crippen molar-refractivity contribution in [1.29, 1.82) is 0 Å². The first kappa shape index (κ1) is 29.7. The fourth-order valence-electron chi connectivity index (χ4n) is 8.74. The van der Waals surface area contributed by atoms with Crippen LogP contribution in [-0.4, -0.2) is 62.9 Å². The van der Waals surface area contributed by atoms with Gasteiger partial charge in [-0.05, 0) is 87.1 Å². The Kier molecular flexibility index (Phi) is 8.21. The SMILES string of the molecule is CC(=O)NC(C(=O)N1CCC(CCN2C3CCC2CC(n2c(C)nc4ccccc42)C3)(c2ccccc2)CC1)c1ccccc1. The number of nitrogens with one attached hydrogen (secondary N) is 1. The molecule has 45 heavy (non-hydrogen) atoms. The topological polar surface area (TPSA) is 70.5 Å². The van der Waals surface area contributed by atoms with Crippen LogP contribution >= 0.6 is 0 Å². The molecular weight excluding hydrogens is 558 g/mol. The highest BCUT2D eigenvalue weighted by molar-refractivity contribution is 5.88. The third-order valence-electron chi connectivity index (χ3n) is 11.0. The minimum atomic E-state index is -0.652. The van der Waals surface area contributed by atoms with E-state index in [4.69, 9.17) is 4.98 Å². The zero-order valence-corrected chi connectivity index (χ0v) is 26.6. The molecule has 234 valence electrons. The molecule has 0 aliphatic carbocycles. The van der Waals surface area contributed by atoms with E-state index >= 15 is 0 Å². The number of hydrogen-bond acceptors (Lipinski definition) is 4. The molecule has 2 amide bonds. The van der Waals surface area contributed by atoms with Gasteiger partial charge >= 0.3 is 0 Å². The molecule has 4 heterocycles. The van der Waals surface area contributed by atoms with Crippen molar-refractivity contribution in [2.45, 2.75) is 88.4 Å². The summed E-state index contributed by atoms with van der Waals surface area (Å²) in [7, 11) is 0. The van der Waals surface area contributed by atoms with Gasteiger partial charge in [0.2, 0.25) is 11.8 Å². The van der Waals surface area contributed by atoms with E-state index in [1.165, 1.54) is 43.7 Å². The lowest BCUT2D eigenvalue weighted by molar-refractivity contribution is -0.137. The summed E-state index contributed by atoms with van der Waals surface area (Å²) in [6.45, 7) is 6.12. The number of hydrogen-bond donors (Lipinski definition) is 1. The van der Waals surface area contributed by atoms with E-state index in [1.807, 2.05) is 35.2 Å². The molecule has 0 spiro atoms. The molecular formula is C38H45N5O2. The standard InChI is InChI=1S/C38H45N5O2/c1-27-39-34-15-9-10-16-35(34)43(27)33-25-31-17-18-32(26-33)42(31)24-21-38(30-13-7-4-8-14-30)19-22-41(23-20-38)37(45)36(40-28(2)44)29-11-5-3-6-12-29/h3-16,31-33,36H,17-26H2,1-2H3,(H,40,44). The molecule has 3 saturated heterocycles. The number of rotatable bonds is 8. The Morgan fingerprint density at radius 3 is 2.16 bits per heavy atom. The zero-order chi connectivity index (χ0) is 31.0. The number of nitrogens with zero attached hydrogens (tertiary/aromatic N) is 4. The van der Waals surface area contributed by atoms with Crippen LogP contribution in [0, 0.1) is 6.92 Å². The first-order valence-electron chi connectivity index (χ1n) is 16.8. The van der Waals surface area contributed by atoms with Crippen LogP contribution in [0.3, 0.4) is 0 Å². The zero-order valence-electron chi connectivity index (χ0n) is 26.6. The highest BCUT2D eigenvalue weighted by Gasteiger charge is 2.44. The normalized spacial score (nSPS) is 23.6. The van der Waals surface area contributed by atoms with E-state index in [9.17, 15) is 9.59 Å². The van der Waals surface area contributed by atoms with Crippen LogP contribution in [0.1, 0.15) is 80.9 Å². The van der Waals surface area contributed by atoms with Gasteiger partial charge in [-0.3, -0.25) is 14.5 Å². The molecule has 7 heteroatoms. The number of para-hydroxylation sites is 2. The monoisotopic (exact) mass is 603 g/mol. The van der Waals surface area contributed by atoms with Crippen LogP contribution in [-0.2, 0) is 15.0 Å². The van der Waals surface area contributed by atoms with Gasteiger partial charge in [-0.2, -0.15) is 0 Å². The number of amides is 2. The van der Waals surface area contributed by atoms with Gasteiger partial charge in [-0.1, -0.05) is 72.8 Å². The smallest absolute Gasteiger partial charge is 0.249 e. The van der Waals surface area contributed by atoms with Crippen LogP contribution in [0.25, 0.3) is 11.0 Å². The van der Waals surface area contributed by atoms with E-state index in [0.29, 0.717) is 31.2 Å². The van der Waals surface area contributed by atoms with Crippen LogP contribution in [0.2, 0.25) is 0 Å². The molecule has 3 aliphatic rings. The summed E-state index contributed by atoms with van der Waals surface area (Å²) >= 11 is 0. The number of likely N-dealkylation sites (tertiary alicyclic amines) is 1. The van der Waals surface area contributed by atoms with Gasteiger partial charge < -0.3 is 14.8 Å². The minimum absolute atomic E-state index is 0.0134. The van der Waals surface area contributed by atoms with Crippen LogP contribution in [0.5, 0.6) is 0 Å². The average molecular weight is 604 g/mol. The van der Waals surface area contributed by atoms with Gasteiger partial charge in [0.25, 0.3) is 0 Å². The lowest BCUT2D eigenvalue weighted by Crippen LogP contribution is -2.51. The summed E-state index contributed by atoms with van der Waals surface area (Å²) in [5.41, 5.74) is 4.62. The number of fused-ring (bicyclic) bond motifs is 3. The summed E-state index contributed by atoms with van der Waals surface area (Å²) < 4.78 is 2.51. The molecule has 3 fully saturated rings. The molecule has 7 rings (SSSR count). The fourth-order valence-corrected chi connectivity index (χ4v) is 8.74. The molecule has 0 saturated carbocycles. The average Bonchev–Trinajstić information content (AvgIpc) is 3.53. The molecule has 3 unspecified atom stereocenters.